The van der Waals surface area contributed by atoms with E-state index >= 15 is 0 Å². The van der Waals surface area contributed by atoms with Crippen LogP contribution in [-0.4, -0.2) is 4.99 Å². The van der Waals surface area contributed by atoms with Gasteiger partial charge in [0.2, 0.25) is 0 Å². The van der Waals surface area contributed by atoms with Crippen LogP contribution in [0.4, 0.5) is 5.69 Å². The molecule has 0 aliphatic heterocycles. The molecule has 0 bridgehead atoms. The second kappa shape index (κ2) is 6.50. The van der Waals surface area contributed by atoms with Gasteiger partial charge < -0.3 is 11.1 Å². The fraction of sp³-hybridized carbons (Fsp3) is 0.0714. The van der Waals surface area contributed by atoms with E-state index in [9.17, 15) is 0 Å². The number of nitrogens with two attached hydrogens (primary N) is 1. The SMILES string of the molecule is NC(=S)c1ccc(NCc2cccc(Br)c2)cc1Br. The van der Waals surface area contributed by atoms with Crippen LogP contribution in [0.2, 0.25) is 0 Å². The lowest BCUT2D eigenvalue weighted by atomic mass is 10.2. The highest BCUT2D eigenvalue weighted by Gasteiger charge is 2.03. The quantitative estimate of drug-likeness (QED) is 0.745. The van der Waals surface area contributed by atoms with Gasteiger partial charge in [-0.25, -0.2) is 0 Å². The zero-order chi connectivity index (χ0) is 13.8. The van der Waals surface area contributed by atoms with Crippen LogP contribution in [0.15, 0.2) is 51.4 Å². The van der Waals surface area contributed by atoms with Gasteiger partial charge in [0.1, 0.15) is 4.99 Å². The second-order valence-electron chi connectivity index (χ2n) is 4.04. The third-order valence-electron chi connectivity index (χ3n) is 2.62. The van der Waals surface area contributed by atoms with Gasteiger partial charge in [-0.05, 0) is 51.8 Å². The van der Waals surface area contributed by atoms with Crippen LogP contribution in [0.25, 0.3) is 0 Å². The molecule has 0 atom stereocenters. The first-order chi connectivity index (χ1) is 9.06. The van der Waals surface area contributed by atoms with Gasteiger partial charge in [0.05, 0.1) is 0 Å². The van der Waals surface area contributed by atoms with Gasteiger partial charge in [0, 0.05) is 26.7 Å². The number of nitrogens with one attached hydrogen (secondary N) is 1. The average molecular weight is 400 g/mol. The summed E-state index contributed by atoms with van der Waals surface area (Å²) in [4.78, 5) is 0.394. The van der Waals surface area contributed by atoms with Gasteiger partial charge in [-0.3, -0.25) is 0 Å². The molecule has 0 heterocycles. The third-order valence-corrected chi connectivity index (χ3v) is 3.99. The summed E-state index contributed by atoms with van der Waals surface area (Å²) < 4.78 is 1.98. The van der Waals surface area contributed by atoms with E-state index in [0.29, 0.717) is 4.99 Å². The molecule has 0 aliphatic rings. The first-order valence-electron chi connectivity index (χ1n) is 5.64. The van der Waals surface area contributed by atoms with Gasteiger partial charge in [-0.2, -0.15) is 0 Å². The molecule has 19 heavy (non-hydrogen) atoms. The number of hydrogen-bond donors (Lipinski definition) is 2. The lowest BCUT2D eigenvalue weighted by Crippen LogP contribution is -2.10. The molecule has 3 N–H and O–H groups in total. The Hall–Kier alpha value is -0.910. The molecule has 0 spiro atoms. The minimum atomic E-state index is 0.394. The number of benzene rings is 2. The zero-order valence-electron chi connectivity index (χ0n) is 9.99. The van der Waals surface area contributed by atoms with E-state index < -0.39 is 0 Å². The van der Waals surface area contributed by atoms with Crippen molar-refractivity contribution in [2.24, 2.45) is 5.73 Å². The first kappa shape index (κ1) is 14.5. The molecule has 0 saturated carbocycles. The lowest BCUT2D eigenvalue weighted by Gasteiger charge is -2.09. The summed E-state index contributed by atoms with van der Waals surface area (Å²) in [6.07, 6.45) is 0. The van der Waals surface area contributed by atoms with E-state index in [1.165, 1.54) is 5.56 Å². The van der Waals surface area contributed by atoms with E-state index in [-0.39, 0.29) is 0 Å². The molecule has 5 heteroatoms. The molecule has 0 aliphatic carbocycles. The van der Waals surface area contributed by atoms with Gasteiger partial charge in [0.25, 0.3) is 0 Å². The Labute approximate surface area is 134 Å². The van der Waals surface area contributed by atoms with E-state index in [2.05, 4.69) is 49.3 Å². The standard InChI is InChI=1S/C14H12Br2N2S/c15-10-3-1-2-9(6-10)8-18-11-4-5-12(14(17)19)13(16)7-11/h1-7,18H,8H2,(H2,17,19). The van der Waals surface area contributed by atoms with Crippen LogP contribution in [0.1, 0.15) is 11.1 Å². The van der Waals surface area contributed by atoms with Crippen LogP contribution in [0.3, 0.4) is 0 Å². The summed E-state index contributed by atoms with van der Waals surface area (Å²) in [5.74, 6) is 0. The monoisotopic (exact) mass is 398 g/mol. The van der Waals surface area contributed by atoms with Crippen molar-refractivity contribution in [3.05, 3.63) is 62.5 Å². The molecule has 0 unspecified atom stereocenters. The zero-order valence-corrected chi connectivity index (χ0v) is 14.0. The fourth-order valence-corrected chi connectivity index (χ4v) is 3.02. The Balaban J connectivity index is 2.08. The van der Waals surface area contributed by atoms with Crippen LogP contribution < -0.4 is 11.1 Å². The normalized spacial score (nSPS) is 10.2. The second-order valence-corrected chi connectivity index (χ2v) is 6.25. The molecule has 0 saturated heterocycles. The van der Waals surface area contributed by atoms with Crippen molar-refractivity contribution < 1.29 is 0 Å². The van der Waals surface area contributed by atoms with E-state index in [1.54, 1.807) is 0 Å². The lowest BCUT2D eigenvalue weighted by molar-refractivity contribution is 1.14. The van der Waals surface area contributed by atoms with Gasteiger partial charge in [0.15, 0.2) is 0 Å². The summed E-state index contributed by atoms with van der Waals surface area (Å²) in [5, 5.41) is 3.36. The molecular weight excluding hydrogens is 388 g/mol. The van der Waals surface area contributed by atoms with Crippen molar-refractivity contribution in [1.29, 1.82) is 0 Å². The average Bonchev–Trinajstić information content (AvgIpc) is 2.36. The van der Waals surface area contributed by atoms with E-state index in [1.807, 2.05) is 30.3 Å². The molecular formula is C14H12Br2N2S. The summed E-state index contributed by atoms with van der Waals surface area (Å²) in [5.41, 5.74) is 8.70. The Kier molecular flexibility index (Phi) is 4.96. The number of anilines is 1. The Bertz CT molecular complexity index is 614. The molecule has 2 rings (SSSR count). The fourth-order valence-electron chi connectivity index (χ4n) is 1.68. The minimum Gasteiger partial charge on any atom is -0.389 e. The van der Waals surface area contributed by atoms with E-state index in [4.69, 9.17) is 18.0 Å². The smallest absolute Gasteiger partial charge is 0.105 e. The highest BCUT2D eigenvalue weighted by Crippen LogP contribution is 2.22. The minimum absolute atomic E-state index is 0.394. The molecule has 0 radical (unpaired) electrons. The van der Waals surface area contributed by atoms with Crippen LogP contribution >= 0.6 is 44.1 Å². The van der Waals surface area contributed by atoms with Crippen LogP contribution in [0.5, 0.6) is 0 Å². The van der Waals surface area contributed by atoms with Crippen molar-refractivity contribution in [1.82, 2.24) is 0 Å². The number of thiocarbonyl (C=S) groups is 1. The van der Waals surface area contributed by atoms with Crippen molar-refractivity contribution in [3.63, 3.8) is 0 Å². The predicted molar refractivity (Wildman–Crippen MR) is 91.5 cm³/mol. The molecule has 2 aromatic carbocycles. The highest BCUT2D eigenvalue weighted by atomic mass is 79.9. The maximum absolute atomic E-state index is 5.62. The van der Waals surface area contributed by atoms with Gasteiger partial charge in [-0.15, -0.1) is 0 Å². The predicted octanol–water partition coefficient (Wildman–Crippen LogP) is 4.46. The van der Waals surface area contributed by atoms with Crippen molar-refractivity contribution >= 4 is 54.8 Å². The van der Waals surface area contributed by atoms with Crippen LogP contribution in [-0.2, 0) is 6.54 Å². The van der Waals surface area contributed by atoms with E-state index in [0.717, 1.165) is 26.7 Å². The Morgan fingerprint density at radius 3 is 2.58 bits per heavy atom. The number of rotatable bonds is 4. The largest absolute Gasteiger partial charge is 0.389 e. The summed E-state index contributed by atoms with van der Waals surface area (Å²) in [6, 6.07) is 14.1. The van der Waals surface area contributed by atoms with Crippen molar-refractivity contribution in [2.75, 3.05) is 5.32 Å². The molecule has 0 fully saturated rings. The maximum Gasteiger partial charge on any atom is 0.105 e. The summed E-state index contributed by atoms with van der Waals surface area (Å²) >= 11 is 11.9. The maximum atomic E-state index is 5.62. The molecule has 0 aromatic heterocycles. The Morgan fingerprint density at radius 2 is 1.95 bits per heavy atom. The first-order valence-corrected chi connectivity index (χ1v) is 7.63. The molecule has 2 nitrogen and oxygen atoms in total. The Morgan fingerprint density at radius 1 is 1.16 bits per heavy atom. The topological polar surface area (TPSA) is 38.0 Å². The highest BCUT2D eigenvalue weighted by molar-refractivity contribution is 9.10. The number of hydrogen-bond acceptors (Lipinski definition) is 2. The summed E-state index contributed by atoms with van der Waals surface area (Å²) in [6.45, 7) is 0.762. The van der Waals surface area contributed by atoms with Crippen molar-refractivity contribution in [3.8, 4) is 0 Å². The molecule has 2 aromatic rings. The summed E-state index contributed by atoms with van der Waals surface area (Å²) in [7, 11) is 0. The third kappa shape index (κ3) is 4.03. The van der Waals surface area contributed by atoms with Gasteiger partial charge in [-0.1, -0.05) is 40.3 Å². The molecule has 98 valence electrons. The van der Waals surface area contributed by atoms with Gasteiger partial charge >= 0.3 is 0 Å². The number of halogens is 2. The van der Waals surface area contributed by atoms with Crippen molar-refractivity contribution in [2.45, 2.75) is 6.54 Å². The van der Waals surface area contributed by atoms with Crippen LogP contribution in [0, 0.1) is 0 Å². The molecule has 0 amide bonds.